The van der Waals surface area contributed by atoms with Crippen molar-refractivity contribution in [2.75, 3.05) is 37.7 Å². The SMILES string of the molecule is Cc1ccc(CSCCC(=O)N[C@@H](Cc2ccc(OCc3ccccc3)cc2)C(=O)N[C@@H](Cc2ccccc2)C(=O)N[C@@H](CCCNC(=N)NS(=O)(=O)c2ccc(C)cc2)C(=O)N[C@@H](CC(N)=O)C(=O)N[C@@H](CSCc2ccccc2)C(=O)N2CCC[C@H]2C(=O)N[C@@H](CCNC(=O)OCc2ccccc2)C(=O)NCC(N)=O)cc1. The second-order valence-electron chi connectivity index (χ2n) is 27.2. The summed E-state index contributed by atoms with van der Waals surface area (Å²) in [6, 6.07) is 46.8. The number of benzene rings is 7. The second kappa shape index (κ2) is 45.7. The number of thioether (sulfide) groups is 2. The number of ether oxygens (including phenoxy) is 2. The Hall–Kier alpha value is -11.8. The van der Waals surface area contributed by atoms with Gasteiger partial charge in [-0.25, -0.2) is 17.9 Å². The van der Waals surface area contributed by atoms with Crippen LogP contribution in [0.25, 0.3) is 0 Å². The average Bonchev–Trinajstić information content (AvgIpc) is 1.60. The Morgan fingerprint density at radius 2 is 1.01 bits per heavy atom. The number of carbonyl (C=O) groups excluding carboxylic acids is 11. The summed E-state index contributed by atoms with van der Waals surface area (Å²) in [4.78, 5) is 156. The summed E-state index contributed by atoms with van der Waals surface area (Å²) < 4.78 is 40.1. The number of carbonyl (C=O) groups is 11. The standard InChI is InChI=1S/C82H98N14O15S3/c1-54-27-31-61(32-28-54)51-112-44-40-73(99)89-66(46-57-33-35-62(36-34-57)110-49-58-19-9-4-10-20-58)76(102)92-67(45-56-17-7-3-8-18-56)77(103)90-64(25-15-41-86-81(85)95-114(108,109)63-37-29-55(2)30-38-63)75(101)93-68(47-71(83)97)78(104)94-69(53-113-52-60-23-13-6-14-24-60)80(106)96-43-16-26-70(96)79(105)91-65(74(100)88-48-72(84)98)39-42-87-82(107)111-50-59-21-11-5-12-22-59/h3-14,17-24,27-38,64-70H,15-16,25-26,39-53H2,1-2H3,(H2,83,97)(H2,84,98)(H,87,107)(H,88,100)(H,89,99)(H,90,103)(H,91,105)(H,92,102)(H,93,101)(H,94,104)(H3,85,86,95)/t64-,65-,66-,67-,68-,69-,70-/m0/s1. The smallest absolute Gasteiger partial charge is 0.407 e. The van der Waals surface area contributed by atoms with Gasteiger partial charge in [0.1, 0.15) is 61.3 Å². The van der Waals surface area contributed by atoms with Gasteiger partial charge >= 0.3 is 6.09 Å². The highest BCUT2D eigenvalue weighted by Gasteiger charge is 2.41. The highest BCUT2D eigenvalue weighted by Crippen LogP contribution is 2.24. The summed E-state index contributed by atoms with van der Waals surface area (Å²) in [5, 5.41) is 32.5. The van der Waals surface area contributed by atoms with Gasteiger partial charge in [0.15, 0.2) is 0 Å². The van der Waals surface area contributed by atoms with Crippen molar-refractivity contribution in [1.82, 2.24) is 57.5 Å². The van der Waals surface area contributed by atoms with Crippen LogP contribution >= 0.6 is 23.5 Å². The van der Waals surface area contributed by atoms with E-state index < -0.39 is 136 Å². The van der Waals surface area contributed by atoms with Crippen molar-refractivity contribution < 1.29 is 70.6 Å². The molecule has 0 aromatic heterocycles. The lowest BCUT2D eigenvalue weighted by Crippen LogP contribution is -2.61. The van der Waals surface area contributed by atoms with E-state index in [1.807, 2.05) is 91.9 Å². The van der Waals surface area contributed by atoms with Crippen LogP contribution in [0.3, 0.4) is 0 Å². The molecule has 29 nitrogen and oxygen atoms in total. The van der Waals surface area contributed by atoms with E-state index in [1.54, 1.807) is 104 Å². The number of sulfonamides is 1. The molecule has 1 aliphatic heterocycles. The fourth-order valence-corrected chi connectivity index (χ4v) is 14.8. The van der Waals surface area contributed by atoms with Crippen LogP contribution in [0.5, 0.6) is 5.75 Å². The Morgan fingerprint density at radius 3 is 1.62 bits per heavy atom. The van der Waals surface area contributed by atoms with Crippen LogP contribution in [0.1, 0.15) is 89.5 Å². The van der Waals surface area contributed by atoms with E-state index in [-0.39, 0.29) is 88.3 Å². The Balaban J connectivity index is 1.03. The zero-order valence-corrected chi connectivity index (χ0v) is 65.9. The quantitative estimate of drug-likeness (QED) is 0.0137. The number of alkyl carbamates (subject to hydrolysis) is 1. The molecule has 0 radical (unpaired) electrons. The number of amides is 11. The third kappa shape index (κ3) is 30.4. The number of rotatable bonds is 44. The predicted molar refractivity (Wildman–Crippen MR) is 434 cm³/mol. The molecule has 7 aromatic rings. The Morgan fingerprint density at radius 1 is 0.509 bits per heavy atom. The molecular formula is C82H98N14O15S3. The summed E-state index contributed by atoms with van der Waals surface area (Å²) in [6.07, 6.45) is -2.11. The lowest BCUT2D eigenvalue weighted by atomic mass is 10.0. The fourth-order valence-electron chi connectivity index (χ4n) is 12.0. The van der Waals surface area contributed by atoms with E-state index in [4.69, 9.17) is 26.4 Å². The fraction of sp³-hybridized carbons (Fsp3) is 0.341. The van der Waals surface area contributed by atoms with Crippen LogP contribution in [0, 0.1) is 19.3 Å². The number of likely N-dealkylation sites (tertiary alicyclic amines) is 1. The Kier molecular flexibility index (Phi) is 35.2. The first-order chi connectivity index (χ1) is 54.8. The normalized spacial score (nSPS) is 13.9. The molecule has 7 atom stereocenters. The zero-order valence-electron chi connectivity index (χ0n) is 63.4. The molecule has 114 heavy (non-hydrogen) atoms. The van der Waals surface area contributed by atoms with Crippen LogP contribution in [0.2, 0.25) is 0 Å². The van der Waals surface area contributed by atoms with Gasteiger partial charge < -0.3 is 73.7 Å². The van der Waals surface area contributed by atoms with Crippen LogP contribution in [-0.4, -0.2) is 164 Å². The van der Waals surface area contributed by atoms with Crippen molar-refractivity contribution in [3.63, 3.8) is 0 Å². The van der Waals surface area contributed by atoms with E-state index >= 15 is 19.2 Å². The van der Waals surface area contributed by atoms with Gasteiger partial charge in [0, 0.05) is 61.9 Å². The molecule has 0 spiro atoms. The third-order valence-corrected chi connectivity index (χ3v) is 21.6. The highest BCUT2D eigenvalue weighted by atomic mass is 32.2. The van der Waals surface area contributed by atoms with Crippen molar-refractivity contribution >= 4 is 105 Å². The summed E-state index contributed by atoms with van der Waals surface area (Å²) in [5.41, 5.74) is 17.8. The molecule has 1 aliphatic rings. The number of hydrogen-bond donors (Lipinski definition) is 13. The van der Waals surface area contributed by atoms with Gasteiger partial charge in [-0.05, 0) is 104 Å². The maximum atomic E-state index is 15.2. The molecule has 32 heteroatoms. The van der Waals surface area contributed by atoms with Crippen molar-refractivity contribution in [3.05, 3.63) is 239 Å². The van der Waals surface area contributed by atoms with Gasteiger partial charge in [-0.3, -0.25) is 53.4 Å². The maximum absolute atomic E-state index is 15.2. The van der Waals surface area contributed by atoms with Crippen molar-refractivity contribution in [3.8, 4) is 5.75 Å². The Labute approximate surface area is 671 Å². The average molecular weight is 1620 g/mol. The van der Waals surface area contributed by atoms with E-state index in [1.165, 1.54) is 40.6 Å². The lowest BCUT2D eigenvalue weighted by Gasteiger charge is -2.31. The summed E-state index contributed by atoms with van der Waals surface area (Å²) in [5.74, 6) is -7.53. The minimum absolute atomic E-state index is 0.00899. The molecule has 1 heterocycles. The number of nitrogens with one attached hydrogen (secondary N) is 11. The topological polar surface area (TPSA) is 440 Å². The van der Waals surface area contributed by atoms with Crippen molar-refractivity contribution in [2.24, 2.45) is 11.5 Å². The minimum atomic E-state index is -4.24. The molecule has 0 bridgehead atoms. The maximum Gasteiger partial charge on any atom is 0.407 e. The lowest BCUT2D eigenvalue weighted by molar-refractivity contribution is -0.142. The molecule has 1 saturated heterocycles. The van der Waals surface area contributed by atoms with E-state index in [2.05, 4.69) is 52.6 Å². The number of nitrogens with two attached hydrogens (primary N) is 2. The summed E-state index contributed by atoms with van der Waals surface area (Å²) in [7, 11) is -4.24. The second-order valence-corrected chi connectivity index (χ2v) is 31.0. The number of primary amides is 2. The first kappa shape index (κ1) is 87.8. The van der Waals surface area contributed by atoms with E-state index in [0.717, 1.165) is 27.8 Å². The molecule has 15 N–H and O–H groups in total. The molecule has 0 saturated carbocycles. The van der Waals surface area contributed by atoms with Gasteiger partial charge in [-0.2, -0.15) is 23.5 Å². The van der Waals surface area contributed by atoms with Crippen LogP contribution < -0.4 is 68.8 Å². The number of guanidine groups is 1. The first-order valence-electron chi connectivity index (χ1n) is 37.2. The van der Waals surface area contributed by atoms with Gasteiger partial charge in [0.2, 0.25) is 65.0 Å². The van der Waals surface area contributed by atoms with E-state index in [0.29, 0.717) is 46.3 Å². The summed E-state index contributed by atoms with van der Waals surface area (Å²) >= 11 is 2.77. The van der Waals surface area contributed by atoms with Crippen LogP contribution in [-0.2, 0) is 100 Å². The molecule has 7 aromatic carbocycles. The minimum Gasteiger partial charge on any atom is -0.489 e. The molecule has 1 fully saturated rings. The number of nitrogens with zero attached hydrogens (tertiary/aromatic N) is 1. The predicted octanol–water partition coefficient (Wildman–Crippen LogP) is 4.90. The first-order valence-corrected chi connectivity index (χ1v) is 41.0. The zero-order chi connectivity index (χ0) is 81.8. The van der Waals surface area contributed by atoms with E-state index in [9.17, 15) is 42.0 Å². The number of hydrogen-bond acceptors (Lipinski definition) is 18. The van der Waals surface area contributed by atoms with Crippen molar-refractivity contribution in [2.45, 2.75) is 144 Å². The van der Waals surface area contributed by atoms with Crippen LogP contribution in [0.15, 0.2) is 199 Å². The summed E-state index contributed by atoms with van der Waals surface area (Å²) in [6.45, 7) is 3.02. The number of aryl methyl sites for hydroxylation is 2. The molecular weight excluding hydrogens is 1520 g/mol. The monoisotopic (exact) mass is 1610 g/mol. The van der Waals surface area contributed by atoms with Gasteiger partial charge in [-0.1, -0.05) is 181 Å². The largest absolute Gasteiger partial charge is 0.489 e. The molecule has 11 amide bonds. The molecule has 8 rings (SSSR count). The Bertz CT molecular complexity index is 4490. The van der Waals surface area contributed by atoms with Gasteiger partial charge in [0.05, 0.1) is 17.9 Å². The van der Waals surface area contributed by atoms with Crippen molar-refractivity contribution in [1.29, 1.82) is 5.41 Å². The molecule has 0 unspecified atom stereocenters. The third-order valence-electron chi connectivity index (χ3n) is 18.1. The van der Waals surface area contributed by atoms with Gasteiger partial charge in [0.25, 0.3) is 10.0 Å². The van der Waals surface area contributed by atoms with Crippen LogP contribution in [0.4, 0.5) is 4.79 Å². The highest BCUT2D eigenvalue weighted by molar-refractivity contribution is 7.98. The van der Waals surface area contributed by atoms with Gasteiger partial charge in [-0.15, -0.1) is 0 Å². The molecule has 604 valence electrons. The molecule has 0 aliphatic carbocycles.